The summed E-state index contributed by atoms with van der Waals surface area (Å²) in [5.74, 6) is -0.518. The first-order chi connectivity index (χ1) is 16.7. The molecule has 0 aromatic heterocycles. The number of amides is 1. The highest BCUT2D eigenvalue weighted by Crippen LogP contribution is 2.24. The van der Waals surface area contributed by atoms with Crippen molar-refractivity contribution in [2.75, 3.05) is 11.9 Å². The minimum Gasteiger partial charge on any atom is -0.457 e. The monoisotopic (exact) mass is 476 g/mol. The molecule has 3 rings (SSSR count). The lowest BCUT2D eigenvalue weighted by atomic mass is 10.1. The zero-order valence-electron chi connectivity index (χ0n) is 19.3. The maximum atomic E-state index is 12.3. The van der Waals surface area contributed by atoms with E-state index in [0.717, 1.165) is 16.8 Å². The number of carbonyl (C=O) groups is 3. The number of ketones is 1. The van der Waals surface area contributed by atoms with Gasteiger partial charge in [0, 0.05) is 29.8 Å². The van der Waals surface area contributed by atoms with E-state index in [1.54, 1.807) is 12.1 Å². The number of hydrogen-bond acceptors (Lipinski definition) is 7. The fourth-order valence-electron chi connectivity index (χ4n) is 3.21. The van der Waals surface area contributed by atoms with Crippen molar-refractivity contribution >= 4 is 29.0 Å². The number of non-ortho nitro benzene ring substituents is 1. The van der Waals surface area contributed by atoms with Gasteiger partial charge in [0.25, 0.3) is 5.69 Å². The van der Waals surface area contributed by atoms with Crippen LogP contribution in [0, 0.1) is 24.0 Å². The molecular weight excluding hydrogens is 452 g/mol. The van der Waals surface area contributed by atoms with Gasteiger partial charge in [-0.3, -0.25) is 24.5 Å². The van der Waals surface area contributed by atoms with E-state index < -0.39 is 23.3 Å². The molecule has 0 aliphatic rings. The molecule has 0 radical (unpaired) electrons. The number of nitro groups is 1. The van der Waals surface area contributed by atoms with Gasteiger partial charge in [-0.1, -0.05) is 18.2 Å². The number of para-hydroxylation sites is 1. The molecule has 1 amide bonds. The fourth-order valence-corrected chi connectivity index (χ4v) is 3.21. The summed E-state index contributed by atoms with van der Waals surface area (Å²) in [5, 5.41) is 13.5. The summed E-state index contributed by atoms with van der Waals surface area (Å²) in [6.07, 6.45) is -0.207. The quantitative estimate of drug-likeness (QED) is 0.186. The second-order valence-electron chi connectivity index (χ2n) is 7.78. The van der Waals surface area contributed by atoms with Gasteiger partial charge in [-0.15, -0.1) is 0 Å². The van der Waals surface area contributed by atoms with E-state index in [2.05, 4.69) is 5.32 Å². The smallest absolute Gasteiger partial charge is 0.306 e. The predicted octanol–water partition coefficient (Wildman–Crippen LogP) is 5.15. The lowest BCUT2D eigenvalue weighted by Crippen LogP contribution is -2.18. The third-order valence-electron chi connectivity index (χ3n) is 5.13. The molecule has 0 unspecified atom stereocenters. The molecule has 35 heavy (non-hydrogen) atoms. The van der Waals surface area contributed by atoms with E-state index in [-0.39, 0.29) is 24.4 Å². The van der Waals surface area contributed by atoms with Crippen LogP contribution in [-0.2, 0) is 14.3 Å². The topological polar surface area (TPSA) is 125 Å². The summed E-state index contributed by atoms with van der Waals surface area (Å²) < 4.78 is 10.6. The number of aryl methyl sites for hydroxylation is 2. The zero-order valence-corrected chi connectivity index (χ0v) is 19.3. The number of anilines is 1. The van der Waals surface area contributed by atoms with Gasteiger partial charge in [0.1, 0.15) is 11.5 Å². The Bertz CT molecular complexity index is 1220. The molecule has 0 aliphatic heterocycles. The van der Waals surface area contributed by atoms with E-state index in [0.29, 0.717) is 17.1 Å². The van der Waals surface area contributed by atoms with E-state index in [4.69, 9.17) is 9.47 Å². The Kier molecular flexibility index (Phi) is 8.29. The van der Waals surface area contributed by atoms with Crippen LogP contribution in [-0.4, -0.2) is 29.2 Å². The lowest BCUT2D eigenvalue weighted by molar-refractivity contribution is -0.384. The molecule has 3 aromatic carbocycles. The van der Waals surface area contributed by atoms with Gasteiger partial charge in [-0.2, -0.15) is 0 Å². The number of ether oxygens (including phenoxy) is 2. The van der Waals surface area contributed by atoms with Crippen LogP contribution < -0.4 is 10.1 Å². The Morgan fingerprint density at radius 2 is 1.43 bits per heavy atom. The summed E-state index contributed by atoms with van der Waals surface area (Å²) in [7, 11) is 0. The maximum absolute atomic E-state index is 12.3. The first kappa shape index (κ1) is 25.1. The molecule has 3 aromatic rings. The molecule has 0 heterocycles. The summed E-state index contributed by atoms with van der Waals surface area (Å²) >= 11 is 0. The van der Waals surface area contributed by atoms with Crippen molar-refractivity contribution in [3.63, 3.8) is 0 Å². The summed E-state index contributed by atoms with van der Waals surface area (Å²) in [4.78, 5) is 46.7. The highest BCUT2D eigenvalue weighted by molar-refractivity contribution is 5.98. The highest BCUT2D eigenvalue weighted by atomic mass is 16.6. The summed E-state index contributed by atoms with van der Waals surface area (Å²) in [6.45, 7) is 3.33. The largest absolute Gasteiger partial charge is 0.457 e. The lowest BCUT2D eigenvalue weighted by Gasteiger charge is -2.11. The molecule has 0 bridgehead atoms. The van der Waals surface area contributed by atoms with E-state index >= 15 is 0 Å². The van der Waals surface area contributed by atoms with Gasteiger partial charge >= 0.3 is 5.97 Å². The van der Waals surface area contributed by atoms with Crippen LogP contribution in [0.2, 0.25) is 0 Å². The standard InChI is InChI=1S/C26H24N2O7/c1-17-4-3-5-18(2)26(17)27-24(30)14-15-25(31)34-16-23(29)19-6-10-21(11-7-19)35-22-12-8-20(9-13-22)28(32)33/h3-13H,14-16H2,1-2H3,(H,27,30). The highest BCUT2D eigenvalue weighted by Gasteiger charge is 2.14. The minimum atomic E-state index is -0.645. The molecular formula is C26H24N2O7. The number of nitrogens with one attached hydrogen (secondary N) is 1. The van der Waals surface area contributed by atoms with E-state index in [9.17, 15) is 24.5 Å². The molecule has 0 aliphatic carbocycles. The molecule has 9 nitrogen and oxygen atoms in total. The number of hydrogen-bond donors (Lipinski definition) is 1. The van der Waals surface area contributed by atoms with Crippen LogP contribution in [0.3, 0.4) is 0 Å². The van der Waals surface area contributed by atoms with Gasteiger partial charge in [0.15, 0.2) is 12.4 Å². The number of esters is 1. The maximum Gasteiger partial charge on any atom is 0.306 e. The number of carbonyl (C=O) groups excluding carboxylic acids is 3. The van der Waals surface area contributed by atoms with Gasteiger partial charge in [0.05, 0.1) is 11.3 Å². The number of rotatable bonds is 10. The number of nitro benzene ring substituents is 1. The average molecular weight is 476 g/mol. The van der Waals surface area contributed by atoms with Gasteiger partial charge in [-0.25, -0.2) is 0 Å². The predicted molar refractivity (Wildman–Crippen MR) is 129 cm³/mol. The van der Waals surface area contributed by atoms with Gasteiger partial charge in [0.2, 0.25) is 5.91 Å². The Balaban J connectivity index is 1.43. The van der Waals surface area contributed by atoms with Crippen molar-refractivity contribution < 1.29 is 28.8 Å². The second-order valence-corrected chi connectivity index (χ2v) is 7.78. The van der Waals surface area contributed by atoms with Crippen LogP contribution in [0.5, 0.6) is 11.5 Å². The van der Waals surface area contributed by atoms with Crippen LogP contribution in [0.25, 0.3) is 0 Å². The van der Waals surface area contributed by atoms with Crippen LogP contribution in [0.4, 0.5) is 11.4 Å². The molecule has 0 atom stereocenters. The minimum absolute atomic E-state index is 0.0464. The first-order valence-electron chi connectivity index (χ1n) is 10.8. The SMILES string of the molecule is Cc1cccc(C)c1NC(=O)CCC(=O)OCC(=O)c1ccc(Oc2ccc([N+](=O)[O-])cc2)cc1. The van der Waals surface area contributed by atoms with Crippen molar-refractivity contribution in [2.45, 2.75) is 26.7 Å². The van der Waals surface area contributed by atoms with E-state index in [1.165, 1.54) is 36.4 Å². The zero-order chi connectivity index (χ0) is 25.4. The number of benzene rings is 3. The van der Waals surface area contributed by atoms with Crippen molar-refractivity contribution in [1.82, 2.24) is 0 Å². The van der Waals surface area contributed by atoms with E-state index in [1.807, 2.05) is 32.0 Å². The normalized spacial score (nSPS) is 10.3. The average Bonchev–Trinajstić information content (AvgIpc) is 2.84. The molecule has 0 saturated heterocycles. The molecule has 0 fully saturated rings. The molecule has 9 heteroatoms. The van der Waals surface area contributed by atoms with Gasteiger partial charge < -0.3 is 14.8 Å². The summed E-state index contributed by atoms with van der Waals surface area (Å²) in [5.41, 5.74) is 2.85. The van der Waals surface area contributed by atoms with Crippen molar-refractivity contribution in [3.8, 4) is 11.5 Å². The van der Waals surface area contributed by atoms with Gasteiger partial charge in [-0.05, 0) is 61.4 Å². The fraction of sp³-hybridized carbons (Fsp3) is 0.192. The van der Waals surface area contributed by atoms with Crippen LogP contribution >= 0.6 is 0 Å². The molecule has 180 valence electrons. The molecule has 0 saturated carbocycles. The summed E-state index contributed by atoms with van der Waals surface area (Å²) in [6, 6.07) is 17.4. The number of nitrogens with zero attached hydrogens (tertiary/aromatic N) is 1. The van der Waals surface area contributed by atoms with Crippen LogP contribution in [0.1, 0.15) is 34.3 Å². The van der Waals surface area contributed by atoms with Crippen molar-refractivity contribution in [2.24, 2.45) is 0 Å². The Hall–Kier alpha value is -4.53. The first-order valence-corrected chi connectivity index (χ1v) is 10.8. The Morgan fingerprint density at radius 3 is 2.00 bits per heavy atom. The second kappa shape index (κ2) is 11.6. The Labute approximate surface area is 201 Å². The number of Topliss-reactive ketones (excluding diaryl/α,β-unsaturated/α-hetero) is 1. The molecule has 0 spiro atoms. The third-order valence-corrected chi connectivity index (χ3v) is 5.13. The van der Waals surface area contributed by atoms with Crippen LogP contribution in [0.15, 0.2) is 66.7 Å². The van der Waals surface area contributed by atoms with Crippen molar-refractivity contribution in [3.05, 3.63) is 93.5 Å². The third kappa shape index (κ3) is 7.23. The molecule has 1 N–H and O–H groups in total. The van der Waals surface area contributed by atoms with Crippen molar-refractivity contribution in [1.29, 1.82) is 0 Å². The Morgan fingerprint density at radius 1 is 0.857 bits per heavy atom.